The number of aromatic nitrogens is 4. The van der Waals surface area contributed by atoms with Gasteiger partial charge in [-0.15, -0.1) is 0 Å². The second-order valence-corrected chi connectivity index (χ2v) is 6.08. The average molecular weight is 326 g/mol. The Bertz CT molecular complexity index is 705. The molecule has 1 saturated heterocycles. The van der Waals surface area contributed by atoms with Gasteiger partial charge in [0.15, 0.2) is 0 Å². The largest absolute Gasteiger partial charge is 0.354 e. The van der Waals surface area contributed by atoms with Gasteiger partial charge in [-0.05, 0) is 44.2 Å². The molecule has 0 radical (unpaired) electrons. The van der Waals surface area contributed by atoms with Crippen molar-refractivity contribution in [3.63, 3.8) is 0 Å². The second kappa shape index (κ2) is 7.33. The van der Waals surface area contributed by atoms with Gasteiger partial charge in [0.05, 0.1) is 0 Å². The predicted octanol–water partition coefficient (Wildman–Crippen LogP) is 1.39. The van der Waals surface area contributed by atoms with Crippen molar-refractivity contribution in [1.29, 1.82) is 0 Å². The van der Waals surface area contributed by atoms with Crippen molar-refractivity contribution in [3.8, 4) is 0 Å². The molecule has 7 heteroatoms. The fourth-order valence-corrected chi connectivity index (χ4v) is 3.14. The van der Waals surface area contributed by atoms with E-state index in [1.165, 1.54) is 0 Å². The van der Waals surface area contributed by atoms with E-state index in [1.54, 1.807) is 25.5 Å². The number of aryl methyl sites for hydroxylation is 1. The summed E-state index contributed by atoms with van der Waals surface area (Å²) in [6.45, 7) is 3.70. The summed E-state index contributed by atoms with van der Waals surface area (Å²) < 4.78 is 0. The smallest absolute Gasteiger partial charge is 0.269 e. The van der Waals surface area contributed by atoms with Crippen LogP contribution in [0.2, 0.25) is 0 Å². The van der Waals surface area contributed by atoms with Crippen molar-refractivity contribution in [3.05, 3.63) is 41.7 Å². The van der Waals surface area contributed by atoms with Crippen molar-refractivity contribution in [2.45, 2.75) is 26.2 Å². The van der Waals surface area contributed by atoms with Crippen molar-refractivity contribution in [2.24, 2.45) is 5.92 Å². The molecule has 3 heterocycles. The molecule has 24 heavy (non-hydrogen) atoms. The summed E-state index contributed by atoms with van der Waals surface area (Å²) in [6.07, 6.45) is 6.62. The van der Waals surface area contributed by atoms with Crippen molar-refractivity contribution < 1.29 is 4.79 Å². The van der Waals surface area contributed by atoms with E-state index in [1.807, 2.05) is 13.0 Å². The Hall–Kier alpha value is -2.57. The minimum Gasteiger partial charge on any atom is -0.354 e. The van der Waals surface area contributed by atoms with Crippen LogP contribution in [0.25, 0.3) is 0 Å². The Labute approximate surface area is 141 Å². The zero-order chi connectivity index (χ0) is 16.9. The number of rotatable bonds is 4. The molecule has 7 nitrogen and oxygen atoms in total. The molecule has 0 aromatic carbocycles. The van der Waals surface area contributed by atoms with E-state index < -0.39 is 0 Å². The maximum Gasteiger partial charge on any atom is 0.269 e. The maximum atomic E-state index is 11.8. The molecule has 0 bridgehead atoms. The van der Waals surface area contributed by atoms with Gasteiger partial charge in [0.2, 0.25) is 5.95 Å². The lowest BCUT2D eigenvalue weighted by Gasteiger charge is -2.32. The topological polar surface area (TPSA) is 83.9 Å². The van der Waals surface area contributed by atoms with Gasteiger partial charge < -0.3 is 10.2 Å². The highest BCUT2D eigenvalue weighted by molar-refractivity contribution is 5.92. The van der Waals surface area contributed by atoms with Gasteiger partial charge in [0, 0.05) is 38.2 Å². The van der Waals surface area contributed by atoms with Crippen LogP contribution in [0.4, 0.5) is 5.95 Å². The van der Waals surface area contributed by atoms with Crippen LogP contribution in [0.5, 0.6) is 0 Å². The Balaban J connectivity index is 1.71. The fourth-order valence-electron chi connectivity index (χ4n) is 3.14. The number of hydrogen-bond acceptors (Lipinski definition) is 6. The molecule has 1 unspecified atom stereocenters. The number of nitrogens with one attached hydrogen (secondary N) is 1. The minimum absolute atomic E-state index is 0.176. The summed E-state index contributed by atoms with van der Waals surface area (Å²) in [6, 6.07) is 3.62. The Kier molecular flexibility index (Phi) is 4.98. The van der Waals surface area contributed by atoms with E-state index in [2.05, 4.69) is 30.2 Å². The van der Waals surface area contributed by atoms with Gasteiger partial charge in [0.25, 0.3) is 5.91 Å². The van der Waals surface area contributed by atoms with Crippen LogP contribution >= 0.6 is 0 Å². The number of hydrogen-bond donors (Lipinski definition) is 1. The molecular weight excluding hydrogens is 304 g/mol. The van der Waals surface area contributed by atoms with Crippen molar-refractivity contribution in [1.82, 2.24) is 25.3 Å². The molecule has 0 spiro atoms. The quantitative estimate of drug-likeness (QED) is 0.914. The Morgan fingerprint density at radius 3 is 2.88 bits per heavy atom. The van der Waals surface area contributed by atoms with E-state index >= 15 is 0 Å². The van der Waals surface area contributed by atoms with Crippen LogP contribution in [0.1, 0.15) is 34.8 Å². The summed E-state index contributed by atoms with van der Waals surface area (Å²) >= 11 is 0. The first kappa shape index (κ1) is 16.3. The number of piperidine rings is 1. The number of amides is 1. The van der Waals surface area contributed by atoms with Gasteiger partial charge in [0.1, 0.15) is 11.5 Å². The number of nitrogens with zero attached hydrogens (tertiary/aromatic N) is 5. The van der Waals surface area contributed by atoms with Crippen LogP contribution in [0.3, 0.4) is 0 Å². The van der Waals surface area contributed by atoms with E-state index in [0.29, 0.717) is 17.4 Å². The molecule has 1 fully saturated rings. The van der Waals surface area contributed by atoms with Crippen LogP contribution in [-0.2, 0) is 6.42 Å². The minimum atomic E-state index is -0.176. The maximum absolute atomic E-state index is 11.8. The normalized spacial score (nSPS) is 17.6. The number of carbonyl (C=O) groups is 1. The van der Waals surface area contributed by atoms with E-state index in [0.717, 1.165) is 44.0 Å². The van der Waals surface area contributed by atoms with Gasteiger partial charge >= 0.3 is 0 Å². The highest BCUT2D eigenvalue weighted by atomic mass is 16.1. The fraction of sp³-hybridized carbons (Fsp3) is 0.471. The summed E-state index contributed by atoms with van der Waals surface area (Å²) in [5.74, 6) is 1.70. The van der Waals surface area contributed by atoms with Gasteiger partial charge in [-0.3, -0.25) is 4.79 Å². The van der Waals surface area contributed by atoms with E-state index in [-0.39, 0.29) is 5.91 Å². The van der Waals surface area contributed by atoms with Crippen molar-refractivity contribution in [2.75, 3.05) is 25.0 Å². The first-order valence-electron chi connectivity index (χ1n) is 8.24. The zero-order valence-electron chi connectivity index (χ0n) is 14.1. The summed E-state index contributed by atoms with van der Waals surface area (Å²) in [5.41, 5.74) is 1.35. The third-order valence-electron chi connectivity index (χ3n) is 4.20. The first-order chi connectivity index (χ1) is 11.7. The monoisotopic (exact) mass is 326 g/mol. The lowest BCUT2D eigenvalue weighted by molar-refractivity contribution is 0.0957. The van der Waals surface area contributed by atoms with E-state index in [9.17, 15) is 4.79 Å². The lowest BCUT2D eigenvalue weighted by Crippen LogP contribution is -2.37. The number of carbonyl (C=O) groups excluding carboxylic acids is 1. The third kappa shape index (κ3) is 3.84. The van der Waals surface area contributed by atoms with E-state index in [4.69, 9.17) is 0 Å². The van der Waals surface area contributed by atoms with Gasteiger partial charge in [-0.25, -0.2) is 19.9 Å². The highest BCUT2D eigenvalue weighted by Gasteiger charge is 2.23. The average Bonchev–Trinajstić information content (AvgIpc) is 2.61. The molecule has 0 saturated carbocycles. The molecule has 1 atom stereocenters. The third-order valence-corrected chi connectivity index (χ3v) is 4.20. The van der Waals surface area contributed by atoms with Gasteiger partial charge in [-0.2, -0.15) is 0 Å². The first-order valence-corrected chi connectivity index (χ1v) is 8.24. The van der Waals surface area contributed by atoms with Crippen molar-refractivity contribution >= 4 is 11.9 Å². The summed E-state index contributed by atoms with van der Waals surface area (Å²) in [5, 5.41) is 2.61. The van der Waals surface area contributed by atoms with Gasteiger partial charge in [-0.1, -0.05) is 0 Å². The molecular formula is C17H22N6O. The molecule has 2 aromatic heterocycles. The molecule has 126 valence electrons. The zero-order valence-corrected chi connectivity index (χ0v) is 14.1. The van der Waals surface area contributed by atoms with Crippen LogP contribution < -0.4 is 10.2 Å². The molecule has 1 amide bonds. The van der Waals surface area contributed by atoms with Crippen LogP contribution in [-0.4, -0.2) is 46.0 Å². The molecule has 3 rings (SSSR count). The summed E-state index contributed by atoms with van der Waals surface area (Å²) in [4.78, 5) is 31.4. The standard InChI is InChI=1S/C17H22N6O/c1-12-21-14(10-15(22-12)16(24)18-2)9-13-5-3-8-23(11-13)17-19-6-4-7-20-17/h4,6-7,10,13H,3,5,8-9,11H2,1-2H3,(H,18,24). The predicted molar refractivity (Wildman–Crippen MR) is 90.8 cm³/mol. The lowest BCUT2D eigenvalue weighted by atomic mass is 9.93. The SMILES string of the molecule is CNC(=O)c1cc(CC2CCCN(c3ncccn3)C2)nc(C)n1. The number of anilines is 1. The Morgan fingerprint density at radius 1 is 1.33 bits per heavy atom. The second-order valence-electron chi connectivity index (χ2n) is 6.08. The summed E-state index contributed by atoms with van der Waals surface area (Å²) in [7, 11) is 1.61. The molecule has 1 N–H and O–H groups in total. The molecule has 1 aliphatic rings. The Morgan fingerprint density at radius 2 is 2.12 bits per heavy atom. The molecule has 0 aliphatic carbocycles. The molecule has 2 aromatic rings. The molecule has 1 aliphatic heterocycles. The van der Waals surface area contributed by atoms with Crippen LogP contribution in [0.15, 0.2) is 24.5 Å². The van der Waals surface area contributed by atoms with Crippen LogP contribution in [0, 0.1) is 12.8 Å². The highest BCUT2D eigenvalue weighted by Crippen LogP contribution is 2.23.